The first-order valence-corrected chi connectivity index (χ1v) is 8.21. The number of aromatic nitrogens is 2. The SMILES string of the molecule is Cc1nn(CCC#N)c(C)c1CCC(=O)NNC(=O)c1ccccc1O. The van der Waals surface area contributed by atoms with Crippen LogP contribution in [-0.4, -0.2) is 26.7 Å². The maximum Gasteiger partial charge on any atom is 0.273 e. The van der Waals surface area contributed by atoms with Crippen LogP contribution in [0.1, 0.15) is 40.2 Å². The second-order valence-electron chi connectivity index (χ2n) is 5.80. The Morgan fingerprint density at radius 3 is 2.69 bits per heavy atom. The number of rotatable bonds is 6. The standard InChI is InChI=1S/C18H21N5O3/c1-12-14(13(2)23(22-12)11-5-10-19)8-9-17(25)20-21-18(26)15-6-3-4-7-16(15)24/h3-4,6-7,24H,5,8-9,11H2,1-2H3,(H,20,25)(H,21,26). The number of nitriles is 1. The van der Waals surface area contributed by atoms with Crippen molar-refractivity contribution in [3.63, 3.8) is 0 Å². The van der Waals surface area contributed by atoms with Crippen LogP contribution in [0.15, 0.2) is 24.3 Å². The van der Waals surface area contributed by atoms with E-state index in [1.54, 1.807) is 16.8 Å². The number of hydrazine groups is 1. The maximum absolute atomic E-state index is 12.0. The summed E-state index contributed by atoms with van der Waals surface area (Å²) >= 11 is 0. The van der Waals surface area contributed by atoms with Crippen LogP contribution in [0, 0.1) is 25.2 Å². The molecule has 0 aliphatic rings. The van der Waals surface area contributed by atoms with Crippen LogP contribution >= 0.6 is 0 Å². The van der Waals surface area contributed by atoms with E-state index in [2.05, 4.69) is 22.0 Å². The van der Waals surface area contributed by atoms with E-state index in [9.17, 15) is 14.7 Å². The highest BCUT2D eigenvalue weighted by molar-refractivity contribution is 5.97. The molecule has 2 amide bonds. The Morgan fingerprint density at radius 2 is 2.00 bits per heavy atom. The van der Waals surface area contributed by atoms with Gasteiger partial charge in [0.1, 0.15) is 5.75 Å². The molecule has 3 N–H and O–H groups in total. The van der Waals surface area contributed by atoms with E-state index >= 15 is 0 Å². The Hall–Kier alpha value is -3.34. The highest BCUT2D eigenvalue weighted by Gasteiger charge is 2.14. The molecule has 0 saturated carbocycles. The lowest BCUT2D eigenvalue weighted by atomic mass is 10.1. The predicted octanol–water partition coefficient (Wildman–Crippen LogP) is 1.51. The van der Waals surface area contributed by atoms with Gasteiger partial charge in [-0.05, 0) is 38.0 Å². The maximum atomic E-state index is 12.0. The average Bonchev–Trinajstić information content (AvgIpc) is 2.89. The molecule has 1 aromatic heterocycles. The minimum Gasteiger partial charge on any atom is -0.507 e. The van der Waals surface area contributed by atoms with E-state index < -0.39 is 5.91 Å². The second-order valence-corrected chi connectivity index (χ2v) is 5.80. The zero-order valence-electron chi connectivity index (χ0n) is 14.7. The van der Waals surface area contributed by atoms with E-state index in [1.165, 1.54) is 12.1 Å². The molecular formula is C18H21N5O3. The van der Waals surface area contributed by atoms with Gasteiger partial charge in [-0.3, -0.25) is 25.1 Å². The number of phenols is 1. The zero-order chi connectivity index (χ0) is 19.1. The van der Waals surface area contributed by atoms with Gasteiger partial charge in [0, 0.05) is 12.1 Å². The first-order valence-electron chi connectivity index (χ1n) is 8.21. The molecule has 0 aliphatic heterocycles. The number of nitrogens with one attached hydrogen (secondary N) is 2. The molecule has 0 spiro atoms. The monoisotopic (exact) mass is 355 g/mol. The summed E-state index contributed by atoms with van der Waals surface area (Å²) in [6, 6.07) is 8.16. The van der Waals surface area contributed by atoms with Crippen molar-refractivity contribution < 1.29 is 14.7 Å². The van der Waals surface area contributed by atoms with Crippen LogP contribution in [0.2, 0.25) is 0 Å². The fourth-order valence-electron chi connectivity index (χ4n) is 2.63. The van der Waals surface area contributed by atoms with Crippen LogP contribution < -0.4 is 10.9 Å². The van der Waals surface area contributed by atoms with Crippen molar-refractivity contribution in [1.29, 1.82) is 5.26 Å². The van der Waals surface area contributed by atoms with Crippen LogP contribution in [0.4, 0.5) is 0 Å². The fraction of sp³-hybridized carbons (Fsp3) is 0.333. The van der Waals surface area contributed by atoms with E-state index in [0.717, 1.165) is 17.0 Å². The predicted molar refractivity (Wildman–Crippen MR) is 94.0 cm³/mol. The molecule has 0 saturated heterocycles. The molecular weight excluding hydrogens is 334 g/mol. The number of aromatic hydroxyl groups is 1. The molecule has 0 bridgehead atoms. The van der Waals surface area contributed by atoms with Crippen molar-refractivity contribution in [2.45, 2.75) is 39.7 Å². The molecule has 0 atom stereocenters. The molecule has 2 aromatic rings. The minimum atomic E-state index is -0.590. The Bertz CT molecular complexity index is 851. The molecule has 2 rings (SSSR count). The number of carbonyl (C=O) groups excluding carboxylic acids is 2. The summed E-state index contributed by atoms with van der Waals surface area (Å²) in [7, 11) is 0. The molecule has 1 heterocycles. The molecule has 0 fully saturated rings. The van der Waals surface area contributed by atoms with Gasteiger partial charge in [0.05, 0.1) is 30.3 Å². The molecule has 8 nitrogen and oxygen atoms in total. The van der Waals surface area contributed by atoms with Crippen molar-refractivity contribution in [2.75, 3.05) is 0 Å². The van der Waals surface area contributed by atoms with Gasteiger partial charge in [-0.2, -0.15) is 10.4 Å². The number of phenolic OH excluding ortho intramolecular Hbond substituents is 1. The Morgan fingerprint density at radius 1 is 1.27 bits per heavy atom. The molecule has 8 heteroatoms. The molecule has 26 heavy (non-hydrogen) atoms. The lowest BCUT2D eigenvalue weighted by molar-refractivity contribution is -0.121. The lowest BCUT2D eigenvalue weighted by Crippen LogP contribution is -2.41. The Labute approximate surface area is 151 Å². The van der Waals surface area contributed by atoms with Crippen molar-refractivity contribution >= 4 is 11.8 Å². The van der Waals surface area contributed by atoms with Gasteiger partial charge in [0.25, 0.3) is 5.91 Å². The summed E-state index contributed by atoms with van der Waals surface area (Å²) in [5.41, 5.74) is 7.43. The third kappa shape index (κ3) is 4.60. The second kappa shape index (κ2) is 8.67. The van der Waals surface area contributed by atoms with E-state index in [4.69, 9.17) is 5.26 Å². The van der Waals surface area contributed by atoms with E-state index in [1.807, 2.05) is 13.8 Å². The topological polar surface area (TPSA) is 120 Å². The molecule has 136 valence electrons. The lowest BCUT2D eigenvalue weighted by Gasteiger charge is -2.08. The number of nitrogens with zero attached hydrogens (tertiary/aromatic N) is 3. The number of aryl methyl sites for hydroxylation is 2. The van der Waals surface area contributed by atoms with Gasteiger partial charge in [-0.1, -0.05) is 12.1 Å². The van der Waals surface area contributed by atoms with Gasteiger partial charge in [0.15, 0.2) is 0 Å². The number of hydrogen-bond donors (Lipinski definition) is 3. The minimum absolute atomic E-state index is 0.0817. The van der Waals surface area contributed by atoms with Crippen molar-refractivity contribution in [2.24, 2.45) is 0 Å². The molecule has 0 unspecified atom stereocenters. The van der Waals surface area contributed by atoms with Crippen LogP contribution in [0.3, 0.4) is 0 Å². The van der Waals surface area contributed by atoms with Gasteiger partial charge in [-0.15, -0.1) is 0 Å². The number of carbonyl (C=O) groups is 2. The van der Waals surface area contributed by atoms with Gasteiger partial charge in [-0.25, -0.2) is 0 Å². The Balaban J connectivity index is 1.88. The van der Waals surface area contributed by atoms with E-state index in [0.29, 0.717) is 19.4 Å². The summed E-state index contributed by atoms with van der Waals surface area (Å²) < 4.78 is 1.77. The van der Waals surface area contributed by atoms with Crippen molar-refractivity contribution in [1.82, 2.24) is 20.6 Å². The fourth-order valence-corrected chi connectivity index (χ4v) is 2.63. The highest BCUT2D eigenvalue weighted by Crippen LogP contribution is 2.16. The summed E-state index contributed by atoms with van der Waals surface area (Å²) in [6.45, 7) is 4.29. The number of benzene rings is 1. The summed E-state index contributed by atoms with van der Waals surface area (Å²) in [4.78, 5) is 23.9. The smallest absolute Gasteiger partial charge is 0.273 e. The van der Waals surface area contributed by atoms with Crippen molar-refractivity contribution in [3.8, 4) is 11.8 Å². The first kappa shape index (κ1) is 19.0. The highest BCUT2D eigenvalue weighted by atomic mass is 16.3. The number of amides is 2. The third-order valence-electron chi connectivity index (χ3n) is 4.03. The van der Waals surface area contributed by atoms with Crippen LogP contribution in [0.5, 0.6) is 5.75 Å². The number of hydrogen-bond acceptors (Lipinski definition) is 5. The summed E-state index contributed by atoms with van der Waals surface area (Å²) in [5, 5.41) is 22.7. The zero-order valence-corrected chi connectivity index (χ0v) is 14.7. The van der Waals surface area contributed by atoms with Gasteiger partial charge >= 0.3 is 0 Å². The third-order valence-corrected chi connectivity index (χ3v) is 4.03. The van der Waals surface area contributed by atoms with Crippen LogP contribution in [0.25, 0.3) is 0 Å². The van der Waals surface area contributed by atoms with Crippen LogP contribution in [-0.2, 0) is 17.8 Å². The van der Waals surface area contributed by atoms with E-state index in [-0.39, 0.29) is 23.6 Å². The average molecular weight is 355 g/mol. The normalized spacial score (nSPS) is 10.2. The van der Waals surface area contributed by atoms with Gasteiger partial charge < -0.3 is 5.11 Å². The molecule has 0 aliphatic carbocycles. The quantitative estimate of drug-likeness (QED) is 0.679. The number of para-hydroxylation sites is 1. The largest absolute Gasteiger partial charge is 0.507 e. The Kier molecular flexibility index (Phi) is 6.33. The molecule has 1 aromatic carbocycles. The summed E-state index contributed by atoms with van der Waals surface area (Å²) in [6.07, 6.45) is 1.02. The molecule has 0 radical (unpaired) electrons. The summed E-state index contributed by atoms with van der Waals surface area (Å²) in [5.74, 6) is -1.10. The van der Waals surface area contributed by atoms with Gasteiger partial charge in [0.2, 0.25) is 5.91 Å². The first-order chi connectivity index (χ1) is 12.4. The van der Waals surface area contributed by atoms with Crippen molar-refractivity contribution in [3.05, 3.63) is 46.8 Å².